The number of hydrogen-bond acceptors (Lipinski definition) is 5. The van der Waals surface area contributed by atoms with Crippen LogP contribution in [0.2, 0.25) is 0 Å². The summed E-state index contributed by atoms with van der Waals surface area (Å²) in [6, 6.07) is 26.3. The van der Waals surface area contributed by atoms with Gasteiger partial charge in [0.2, 0.25) is 0 Å². The van der Waals surface area contributed by atoms with Crippen molar-refractivity contribution < 1.29 is 9.84 Å². The number of aromatic nitrogens is 2. The van der Waals surface area contributed by atoms with Gasteiger partial charge in [-0.2, -0.15) is 0 Å². The molecule has 0 amide bonds. The van der Waals surface area contributed by atoms with E-state index in [9.17, 15) is 5.11 Å². The second kappa shape index (κ2) is 10.6. The topological polar surface area (TPSA) is 58.5 Å². The van der Waals surface area contributed by atoms with Gasteiger partial charge in [0.1, 0.15) is 18.5 Å². The Bertz CT molecular complexity index is 1200. The number of β-amino-alcohol motifs (C(OH)–C–C–N with tert-alkyl or cyclic N) is 1. The Morgan fingerprint density at radius 1 is 0.853 bits per heavy atom. The number of pyridine rings is 2. The first-order chi connectivity index (χ1) is 16.8. The van der Waals surface area contributed by atoms with E-state index in [1.165, 1.54) is 16.7 Å². The third kappa shape index (κ3) is 5.16. The molecule has 1 aliphatic heterocycles. The van der Waals surface area contributed by atoms with Crippen LogP contribution in [0.3, 0.4) is 0 Å². The number of hydrogen-bond donors (Lipinski definition) is 1. The maximum Gasteiger partial charge on any atom is 0.128 e. The van der Waals surface area contributed by atoms with Gasteiger partial charge >= 0.3 is 0 Å². The van der Waals surface area contributed by atoms with Gasteiger partial charge in [0, 0.05) is 43.0 Å². The van der Waals surface area contributed by atoms with Crippen molar-refractivity contribution >= 4 is 16.5 Å². The molecule has 5 rings (SSSR count). The smallest absolute Gasteiger partial charge is 0.128 e. The maximum atomic E-state index is 10.7. The van der Waals surface area contributed by atoms with Gasteiger partial charge in [-0.3, -0.25) is 14.9 Å². The first kappa shape index (κ1) is 22.3. The summed E-state index contributed by atoms with van der Waals surface area (Å²) >= 11 is 0. The molecular formula is C29H29N3O2. The number of piperidine rings is 1. The van der Waals surface area contributed by atoms with Crippen molar-refractivity contribution in [3.63, 3.8) is 0 Å². The zero-order valence-corrected chi connectivity index (χ0v) is 19.2. The van der Waals surface area contributed by atoms with Crippen LogP contribution < -0.4 is 4.74 Å². The predicted molar refractivity (Wildman–Crippen MR) is 136 cm³/mol. The van der Waals surface area contributed by atoms with Crippen LogP contribution in [-0.4, -0.2) is 52.3 Å². The van der Waals surface area contributed by atoms with Gasteiger partial charge in [-0.1, -0.05) is 48.0 Å². The lowest BCUT2D eigenvalue weighted by molar-refractivity contribution is 0.0661. The standard InChI is InChI=1S/C29H29N3O2/c33-24(21-34-28-13-6-12-26-25(28)10-7-17-30-26)20-32-18-14-23(15-19-32)29(22-8-2-1-3-9-22)27-11-4-5-16-31-27/h1-13,16-17,24,33H,14-15,18-21H2. The summed E-state index contributed by atoms with van der Waals surface area (Å²) in [6.45, 7) is 2.68. The van der Waals surface area contributed by atoms with E-state index in [0.717, 1.165) is 48.3 Å². The number of fused-ring (bicyclic) bond motifs is 1. The van der Waals surface area contributed by atoms with E-state index >= 15 is 0 Å². The molecule has 0 aliphatic carbocycles. The van der Waals surface area contributed by atoms with Gasteiger partial charge in [0.15, 0.2) is 0 Å². The normalized spacial score (nSPS) is 15.3. The maximum absolute atomic E-state index is 10.7. The van der Waals surface area contributed by atoms with E-state index in [0.29, 0.717) is 6.54 Å². The van der Waals surface area contributed by atoms with Crippen LogP contribution in [-0.2, 0) is 0 Å². The second-order valence-corrected chi connectivity index (χ2v) is 8.65. The highest BCUT2D eigenvalue weighted by atomic mass is 16.5. The van der Waals surface area contributed by atoms with Crippen LogP contribution in [0.5, 0.6) is 5.75 Å². The highest BCUT2D eigenvalue weighted by molar-refractivity contribution is 5.84. The summed E-state index contributed by atoms with van der Waals surface area (Å²) < 4.78 is 5.96. The molecule has 34 heavy (non-hydrogen) atoms. The summed E-state index contributed by atoms with van der Waals surface area (Å²) in [4.78, 5) is 11.3. The molecule has 1 saturated heterocycles. The first-order valence-corrected chi connectivity index (χ1v) is 11.8. The van der Waals surface area contributed by atoms with Crippen LogP contribution >= 0.6 is 0 Å². The molecule has 2 aromatic heterocycles. The fourth-order valence-corrected chi connectivity index (χ4v) is 4.64. The van der Waals surface area contributed by atoms with Crippen LogP contribution in [0.4, 0.5) is 0 Å². The van der Waals surface area contributed by atoms with Crippen molar-refractivity contribution in [3.8, 4) is 5.75 Å². The lowest BCUT2D eigenvalue weighted by Crippen LogP contribution is -2.39. The molecule has 0 bridgehead atoms. The third-order valence-corrected chi connectivity index (χ3v) is 6.30. The number of rotatable bonds is 7. The largest absolute Gasteiger partial charge is 0.490 e. The number of nitrogens with zero attached hydrogens (tertiary/aromatic N) is 3. The van der Waals surface area contributed by atoms with Gasteiger partial charge in [-0.15, -0.1) is 0 Å². The van der Waals surface area contributed by atoms with Crippen LogP contribution in [0, 0.1) is 0 Å². The Labute approximate surface area is 200 Å². The minimum absolute atomic E-state index is 0.260. The quantitative estimate of drug-likeness (QED) is 0.430. The fourth-order valence-electron chi connectivity index (χ4n) is 4.64. The Morgan fingerprint density at radius 2 is 1.65 bits per heavy atom. The van der Waals surface area contributed by atoms with Gasteiger partial charge in [-0.05, 0) is 54.8 Å². The average molecular weight is 452 g/mol. The number of ether oxygens (including phenoxy) is 1. The zero-order valence-electron chi connectivity index (χ0n) is 19.2. The minimum atomic E-state index is -0.554. The van der Waals surface area contributed by atoms with Crippen molar-refractivity contribution in [2.45, 2.75) is 18.9 Å². The molecule has 1 unspecified atom stereocenters. The molecule has 2 aromatic carbocycles. The zero-order chi connectivity index (χ0) is 23.2. The van der Waals surface area contributed by atoms with Gasteiger partial charge in [0.05, 0.1) is 11.2 Å². The van der Waals surface area contributed by atoms with Crippen molar-refractivity contribution in [2.24, 2.45) is 0 Å². The van der Waals surface area contributed by atoms with Crippen molar-refractivity contribution in [1.29, 1.82) is 0 Å². The Kier molecular flexibility index (Phi) is 6.94. The van der Waals surface area contributed by atoms with Gasteiger partial charge in [-0.25, -0.2) is 0 Å². The SMILES string of the molecule is OC(COc1cccc2ncccc12)CN1CCC(=C(c2ccccc2)c2ccccn2)CC1. The molecule has 0 radical (unpaired) electrons. The highest BCUT2D eigenvalue weighted by Crippen LogP contribution is 2.31. The number of aliphatic hydroxyl groups excluding tert-OH is 1. The molecule has 1 atom stereocenters. The molecule has 1 aliphatic rings. The van der Waals surface area contributed by atoms with Gasteiger partial charge in [0.25, 0.3) is 0 Å². The highest BCUT2D eigenvalue weighted by Gasteiger charge is 2.21. The third-order valence-electron chi connectivity index (χ3n) is 6.30. The van der Waals surface area contributed by atoms with E-state index in [-0.39, 0.29) is 6.61 Å². The Balaban J connectivity index is 1.22. The molecule has 3 heterocycles. The number of likely N-dealkylation sites (tertiary alicyclic amines) is 1. The minimum Gasteiger partial charge on any atom is -0.490 e. The van der Waals surface area contributed by atoms with Crippen molar-refractivity contribution in [2.75, 3.05) is 26.2 Å². The molecule has 0 saturated carbocycles. The Hall–Kier alpha value is -3.54. The van der Waals surface area contributed by atoms with Gasteiger partial charge < -0.3 is 9.84 Å². The van der Waals surface area contributed by atoms with Crippen LogP contribution in [0.1, 0.15) is 24.1 Å². The van der Waals surface area contributed by atoms with E-state index < -0.39 is 6.10 Å². The number of aliphatic hydroxyl groups is 1. The van der Waals surface area contributed by atoms with E-state index in [1.807, 2.05) is 54.7 Å². The lowest BCUT2D eigenvalue weighted by Gasteiger charge is -2.31. The predicted octanol–water partition coefficient (Wildman–Crippen LogP) is 4.97. The van der Waals surface area contributed by atoms with Crippen molar-refractivity contribution in [1.82, 2.24) is 14.9 Å². The molecule has 1 N–H and O–H groups in total. The van der Waals surface area contributed by atoms with Crippen molar-refractivity contribution in [3.05, 3.63) is 108 Å². The molecule has 1 fully saturated rings. The molecule has 172 valence electrons. The summed E-state index contributed by atoms with van der Waals surface area (Å²) in [6.07, 6.45) is 5.00. The average Bonchev–Trinajstić information content (AvgIpc) is 2.90. The summed E-state index contributed by atoms with van der Waals surface area (Å²) in [5, 5.41) is 11.6. The molecule has 4 aromatic rings. The number of benzene rings is 2. The summed E-state index contributed by atoms with van der Waals surface area (Å²) in [7, 11) is 0. The van der Waals surface area contributed by atoms with Crippen LogP contribution in [0.25, 0.3) is 16.5 Å². The summed E-state index contributed by atoms with van der Waals surface area (Å²) in [5.41, 5.74) is 5.80. The fraction of sp³-hybridized carbons (Fsp3) is 0.241. The molecular weight excluding hydrogens is 422 g/mol. The summed E-state index contributed by atoms with van der Waals surface area (Å²) in [5.74, 6) is 0.761. The molecule has 5 nitrogen and oxygen atoms in total. The van der Waals surface area contributed by atoms with E-state index in [1.54, 1.807) is 6.20 Å². The molecule has 0 spiro atoms. The molecule has 5 heteroatoms. The first-order valence-electron chi connectivity index (χ1n) is 11.8. The second-order valence-electron chi connectivity index (χ2n) is 8.65. The lowest BCUT2D eigenvalue weighted by atomic mass is 9.90. The van der Waals surface area contributed by atoms with E-state index in [2.05, 4.69) is 45.2 Å². The van der Waals surface area contributed by atoms with Crippen LogP contribution in [0.15, 0.2) is 96.8 Å². The van der Waals surface area contributed by atoms with E-state index in [4.69, 9.17) is 4.74 Å². The monoisotopic (exact) mass is 451 g/mol. The Morgan fingerprint density at radius 3 is 2.44 bits per heavy atom.